The highest BCUT2D eigenvalue weighted by molar-refractivity contribution is 5.94. The molecule has 0 fully saturated rings. The number of fused-ring (bicyclic) bond motifs is 1. The van der Waals surface area contributed by atoms with Crippen molar-refractivity contribution in [2.75, 3.05) is 7.11 Å². The van der Waals surface area contributed by atoms with Gasteiger partial charge in [-0.1, -0.05) is 0 Å². The van der Waals surface area contributed by atoms with Crippen LogP contribution in [0, 0.1) is 0 Å². The molecule has 1 aromatic rings. The summed E-state index contributed by atoms with van der Waals surface area (Å²) < 4.78 is 9.54. The van der Waals surface area contributed by atoms with Crippen molar-refractivity contribution in [1.82, 2.24) is 0 Å². The number of hydrogen-bond donors (Lipinski definition) is 1. The number of benzene rings is 1. The number of aliphatic hydroxyl groups excluding tert-OH is 1. The molecule has 13 heavy (non-hydrogen) atoms. The molecule has 0 unspecified atom stereocenters. The third kappa shape index (κ3) is 1.15. The zero-order valence-electron chi connectivity index (χ0n) is 6.98. The van der Waals surface area contributed by atoms with Gasteiger partial charge in [0.1, 0.15) is 5.75 Å². The van der Waals surface area contributed by atoms with Gasteiger partial charge < -0.3 is 14.6 Å². The number of hydrogen-bond acceptors (Lipinski definition) is 4. The Morgan fingerprint density at radius 2 is 2.31 bits per heavy atom. The maximum Gasteiger partial charge on any atom is 0.341 e. The molecule has 0 spiro atoms. The van der Waals surface area contributed by atoms with E-state index in [1.54, 1.807) is 18.2 Å². The second-order valence-electron chi connectivity index (χ2n) is 2.71. The van der Waals surface area contributed by atoms with Crippen LogP contribution in [0.2, 0.25) is 0 Å². The Kier molecular flexibility index (Phi) is 1.70. The zero-order valence-corrected chi connectivity index (χ0v) is 6.98. The Hall–Kier alpha value is -1.55. The summed E-state index contributed by atoms with van der Waals surface area (Å²) in [5.74, 6) is 0.0984. The first-order valence-corrected chi connectivity index (χ1v) is 3.79. The predicted molar refractivity (Wildman–Crippen MR) is 43.4 cm³/mol. The van der Waals surface area contributed by atoms with Gasteiger partial charge in [-0.3, -0.25) is 0 Å². The van der Waals surface area contributed by atoms with E-state index in [4.69, 9.17) is 4.74 Å². The monoisotopic (exact) mass is 180 g/mol. The number of ether oxygens (including phenoxy) is 2. The van der Waals surface area contributed by atoms with Gasteiger partial charge in [0.2, 0.25) is 6.29 Å². The molecule has 0 bridgehead atoms. The third-order valence-electron chi connectivity index (χ3n) is 1.96. The van der Waals surface area contributed by atoms with Crippen LogP contribution in [-0.4, -0.2) is 18.2 Å². The lowest BCUT2D eigenvalue weighted by molar-refractivity contribution is -0.0548. The molecule has 0 aliphatic carbocycles. The molecule has 1 heterocycles. The molecular formula is C9H8O4. The second-order valence-corrected chi connectivity index (χ2v) is 2.71. The lowest BCUT2D eigenvalue weighted by atomic mass is 10.1. The van der Waals surface area contributed by atoms with Gasteiger partial charge in [0.15, 0.2) is 0 Å². The van der Waals surface area contributed by atoms with Crippen molar-refractivity contribution >= 4 is 5.97 Å². The molecule has 2 rings (SSSR count). The first kappa shape index (κ1) is 8.07. The molecule has 0 saturated carbocycles. The molecule has 4 nitrogen and oxygen atoms in total. The summed E-state index contributed by atoms with van der Waals surface area (Å²) in [5.41, 5.74) is 0.859. The van der Waals surface area contributed by atoms with Crippen LogP contribution in [0.1, 0.15) is 22.2 Å². The van der Waals surface area contributed by atoms with Crippen molar-refractivity contribution in [1.29, 1.82) is 0 Å². The van der Waals surface area contributed by atoms with E-state index >= 15 is 0 Å². The fourth-order valence-electron chi connectivity index (χ4n) is 1.29. The quantitative estimate of drug-likeness (QED) is 0.651. The molecule has 1 N–H and O–H groups in total. The van der Waals surface area contributed by atoms with E-state index in [1.165, 1.54) is 7.11 Å². The molecule has 1 aromatic carbocycles. The standard InChI is InChI=1S/C9H8O4/c1-12-5-2-3-6-7(4-5)9(11)13-8(6)10/h2-4,9,11H,1H3/t9-/m1/s1. The molecule has 0 radical (unpaired) electrons. The summed E-state index contributed by atoms with van der Waals surface area (Å²) in [6, 6.07) is 4.82. The molecule has 68 valence electrons. The van der Waals surface area contributed by atoms with Crippen LogP contribution in [0.5, 0.6) is 5.75 Å². The Bertz CT molecular complexity index is 359. The number of aliphatic hydroxyl groups is 1. The van der Waals surface area contributed by atoms with Crippen LogP contribution in [0.3, 0.4) is 0 Å². The van der Waals surface area contributed by atoms with Gasteiger partial charge in [0.05, 0.1) is 12.7 Å². The van der Waals surface area contributed by atoms with E-state index in [0.717, 1.165) is 0 Å². The highest BCUT2D eigenvalue weighted by atomic mass is 16.6. The Labute approximate surface area is 74.7 Å². The molecule has 1 aliphatic rings. The van der Waals surface area contributed by atoms with E-state index in [0.29, 0.717) is 16.9 Å². The molecule has 0 amide bonds. The molecule has 1 atom stereocenters. The van der Waals surface area contributed by atoms with E-state index in [2.05, 4.69) is 4.74 Å². The largest absolute Gasteiger partial charge is 0.497 e. The minimum Gasteiger partial charge on any atom is -0.497 e. The van der Waals surface area contributed by atoms with Crippen molar-refractivity contribution in [2.24, 2.45) is 0 Å². The van der Waals surface area contributed by atoms with Crippen LogP contribution in [0.25, 0.3) is 0 Å². The number of rotatable bonds is 1. The molecule has 1 aliphatic heterocycles. The number of cyclic esters (lactones) is 1. The van der Waals surface area contributed by atoms with Crippen molar-refractivity contribution in [3.63, 3.8) is 0 Å². The second kappa shape index (κ2) is 2.74. The molecule has 0 saturated heterocycles. The van der Waals surface area contributed by atoms with Gasteiger partial charge in [-0.05, 0) is 18.2 Å². The van der Waals surface area contributed by atoms with Crippen LogP contribution in [0.4, 0.5) is 0 Å². The SMILES string of the molecule is COc1ccc2c(c1)[C@H](O)OC2=O. The highest BCUT2D eigenvalue weighted by Crippen LogP contribution is 2.31. The van der Waals surface area contributed by atoms with E-state index in [9.17, 15) is 9.90 Å². The minimum absolute atomic E-state index is 0.397. The molecule has 4 heteroatoms. The lowest BCUT2D eigenvalue weighted by Gasteiger charge is -2.03. The van der Waals surface area contributed by atoms with Gasteiger partial charge in [0.25, 0.3) is 0 Å². The summed E-state index contributed by atoms with van der Waals surface area (Å²) >= 11 is 0. The van der Waals surface area contributed by atoms with Crippen LogP contribution in [0.15, 0.2) is 18.2 Å². The highest BCUT2D eigenvalue weighted by Gasteiger charge is 2.29. The van der Waals surface area contributed by atoms with Crippen LogP contribution >= 0.6 is 0 Å². The molecular weight excluding hydrogens is 172 g/mol. The summed E-state index contributed by atoms with van der Waals surface area (Å²) in [5, 5.41) is 9.27. The fraction of sp³-hybridized carbons (Fsp3) is 0.222. The van der Waals surface area contributed by atoms with Gasteiger partial charge >= 0.3 is 5.97 Å². The first-order chi connectivity index (χ1) is 6.22. The topological polar surface area (TPSA) is 55.8 Å². The van der Waals surface area contributed by atoms with Gasteiger partial charge in [-0.15, -0.1) is 0 Å². The van der Waals surface area contributed by atoms with Gasteiger partial charge in [0, 0.05) is 5.56 Å². The first-order valence-electron chi connectivity index (χ1n) is 3.79. The van der Waals surface area contributed by atoms with Crippen molar-refractivity contribution in [2.45, 2.75) is 6.29 Å². The lowest BCUT2D eigenvalue weighted by Crippen LogP contribution is -1.95. The number of methoxy groups -OCH3 is 1. The summed E-state index contributed by atoms with van der Waals surface area (Å²) in [6.07, 6.45) is -1.16. The van der Waals surface area contributed by atoms with Gasteiger partial charge in [-0.25, -0.2) is 4.79 Å². The van der Waals surface area contributed by atoms with E-state index in [1.807, 2.05) is 0 Å². The van der Waals surface area contributed by atoms with Crippen molar-refractivity contribution in [3.8, 4) is 5.75 Å². The smallest absolute Gasteiger partial charge is 0.341 e. The average molecular weight is 180 g/mol. The third-order valence-corrected chi connectivity index (χ3v) is 1.96. The van der Waals surface area contributed by atoms with E-state index < -0.39 is 12.3 Å². The maximum absolute atomic E-state index is 11.1. The van der Waals surface area contributed by atoms with Crippen molar-refractivity contribution in [3.05, 3.63) is 29.3 Å². The molecule has 0 aromatic heterocycles. The predicted octanol–water partition coefficient (Wildman–Crippen LogP) is 0.856. The Morgan fingerprint density at radius 3 is 3.00 bits per heavy atom. The summed E-state index contributed by atoms with van der Waals surface area (Å²) in [7, 11) is 1.52. The average Bonchev–Trinajstić information content (AvgIpc) is 2.42. The van der Waals surface area contributed by atoms with Crippen LogP contribution in [-0.2, 0) is 4.74 Å². The van der Waals surface area contributed by atoms with Crippen LogP contribution < -0.4 is 4.74 Å². The maximum atomic E-state index is 11.1. The fourth-order valence-corrected chi connectivity index (χ4v) is 1.29. The zero-order chi connectivity index (χ0) is 9.42. The normalized spacial score (nSPS) is 19.5. The van der Waals surface area contributed by atoms with Crippen molar-refractivity contribution < 1.29 is 19.4 Å². The van der Waals surface area contributed by atoms with E-state index in [-0.39, 0.29) is 0 Å². The minimum atomic E-state index is -1.16. The Morgan fingerprint density at radius 1 is 1.54 bits per heavy atom. The number of esters is 1. The Balaban J connectivity index is 2.52. The number of carbonyl (C=O) groups excluding carboxylic acids is 1. The summed E-state index contributed by atoms with van der Waals surface area (Å²) in [4.78, 5) is 11.1. The van der Waals surface area contributed by atoms with Gasteiger partial charge in [-0.2, -0.15) is 0 Å². The summed E-state index contributed by atoms with van der Waals surface area (Å²) in [6.45, 7) is 0. The number of carbonyl (C=O) groups is 1.